The summed E-state index contributed by atoms with van der Waals surface area (Å²) >= 11 is 4.32. The number of thiol groups is 1. The summed E-state index contributed by atoms with van der Waals surface area (Å²) in [6.45, 7) is 4.33. The number of unbranched alkanes of at least 4 members (excludes halogenated alkanes) is 1. The van der Waals surface area contributed by atoms with E-state index < -0.39 is 218 Å². The highest BCUT2D eigenvalue weighted by molar-refractivity contribution is 7.80. The van der Waals surface area contributed by atoms with E-state index in [9.17, 15) is 92.7 Å². The summed E-state index contributed by atoms with van der Waals surface area (Å²) in [5.74, 6) is -18.5. The summed E-state index contributed by atoms with van der Waals surface area (Å²) in [6, 6.07) is -5.59. The van der Waals surface area contributed by atoms with Crippen molar-refractivity contribution < 1.29 is 97.5 Å². The molecular formula is C67H104N20O20S. The molecule has 0 bridgehead atoms. The first-order valence-corrected chi connectivity index (χ1v) is 35.6. The summed E-state index contributed by atoms with van der Waals surface area (Å²) in [5, 5.41) is 74.1. The highest BCUT2D eigenvalue weighted by Crippen LogP contribution is 2.22. The number of nitrogens with one attached hydrogen (secondary N) is 10. The van der Waals surface area contributed by atoms with Crippen molar-refractivity contribution in [1.29, 1.82) is 0 Å². The van der Waals surface area contributed by atoms with Gasteiger partial charge in [-0.05, 0) is 113 Å². The molecule has 1 heterocycles. The predicted molar refractivity (Wildman–Crippen MR) is 392 cm³/mol. The number of aliphatic carboxylic acids is 3. The van der Waals surface area contributed by atoms with Crippen LogP contribution in [0.25, 0.3) is 0 Å². The van der Waals surface area contributed by atoms with Crippen LogP contribution in [0.2, 0.25) is 0 Å². The molecule has 2 aromatic rings. The molecule has 13 atom stereocenters. The Morgan fingerprint density at radius 1 is 0.509 bits per heavy atom. The Bertz CT molecular complexity index is 3470. The van der Waals surface area contributed by atoms with Crippen LogP contribution in [0.3, 0.4) is 0 Å². The molecule has 1 saturated heterocycles. The van der Waals surface area contributed by atoms with Crippen LogP contribution in [0.4, 0.5) is 0 Å². The van der Waals surface area contributed by atoms with E-state index in [1.807, 2.05) is 0 Å². The van der Waals surface area contributed by atoms with Gasteiger partial charge < -0.3 is 124 Å². The van der Waals surface area contributed by atoms with Gasteiger partial charge in [0.1, 0.15) is 72.2 Å². The van der Waals surface area contributed by atoms with Crippen molar-refractivity contribution in [1.82, 2.24) is 58.1 Å². The summed E-state index contributed by atoms with van der Waals surface area (Å²) in [5.41, 5.74) is 40.1. The molecule has 1 aliphatic heterocycles. The lowest BCUT2D eigenvalue weighted by Crippen LogP contribution is -2.62. The first-order chi connectivity index (χ1) is 51.0. The number of carbonyl (C=O) groups excluding carboxylic acids is 12. The maximum atomic E-state index is 15.0. The number of hydrogen-bond donors (Lipinski definition) is 23. The number of rotatable bonds is 49. The summed E-state index contributed by atoms with van der Waals surface area (Å²) < 4.78 is 0. The highest BCUT2D eigenvalue weighted by atomic mass is 32.1. The van der Waals surface area contributed by atoms with Crippen molar-refractivity contribution in [2.75, 3.05) is 31.9 Å². The van der Waals surface area contributed by atoms with Crippen LogP contribution in [-0.4, -0.2) is 242 Å². The topological polar surface area (TPSA) is 688 Å². The van der Waals surface area contributed by atoms with E-state index in [4.69, 9.17) is 40.1 Å². The third-order valence-corrected chi connectivity index (χ3v) is 17.3. The smallest absolute Gasteiger partial charge is 0.326 e. The number of carboxylic acid groups (broad SMARTS) is 3. The summed E-state index contributed by atoms with van der Waals surface area (Å²) in [4.78, 5) is 213. The SMILES string of the molecule is CC(C)[C@H](N)C(=O)N[C@@H](CCC(=O)O)C(=O)N[C@H](C(=O)N[C@@H](CCCN=C(N)N)C(=O)N[C@@H](Cc1ccccc1)C(=O)N1CCC[C@H]1C(=O)N[C@@H](CS)C(=O)N[C@@H](CCCN=C(N)N)C(=O)N[C@@H](CC(N)=O)C(=O)N[C@@H](Cc1ccc(O)cc1)C(=O)N[C@@H](CCC(=O)O)C(=O)N[C@@H](CCCCN)C(=O)O)[C@@H](C)O. The molecule has 598 valence electrons. The summed E-state index contributed by atoms with van der Waals surface area (Å²) in [6.07, 6.45) is -5.39. The van der Waals surface area contributed by atoms with E-state index in [1.54, 1.807) is 44.2 Å². The number of hydrogen-bond acceptors (Lipinski definition) is 22. The minimum Gasteiger partial charge on any atom is -0.508 e. The van der Waals surface area contributed by atoms with Gasteiger partial charge in [-0.25, -0.2) is 4.79 Å². The molecule has 0 unspecified atom stereocenters. The first kappa shape index (κ1) is 91.3. The molecule has 3 rings (SSSR count). The number of nitrogens with two attached hydrogens (primary N) is 7. The van der Waals surface area contributed by atoms with Crippen molar-refractivity contribution in [3.8, 4) is 5.75 Å². The van der Waals surface area contributed by atoms with Gasteiger partial charge in [-0.2, -0.15) is 12.6 Å². The van der Waals surface area contributed by atoms with Crippen molar-refractivity contribution in [3.05, 3.63) is 65.7 Å². The second-order valence-electron chi connectivity index (χ2n) is 26.0. The number of aliphatic hydroxyl groups is 1. The van der Waals surface area contributed by atoms with Crippen LogP contribution in [0.15, 0.2) is 64.6 Å². The number of carboxylic acids is 3. The van der Waals surface area contributed by atoms with Gasteiger partial charge >= 0.3 is 17.9 Å². The first-order valence-electron chi connectivity index (χ1n) is 34.9. The number of nitrogens with zero attached hydrogens (tertiary/aromatic N) is 3. The van der Waals surface area contributed by atoms with Crippen LogP contribution in [0, 0.1) is 5.92 Å². The lowest BCUT2D eigenvalue weighted by Gasteiger charge is -2.31. The average molecular weight is 1540 g/mol. The van der Waals surface area contributed by atoms with E-state index in [1.165, 1.54) is 24.3 Å². The lowest BCUT2D eigenvalue weighted by molar-refractivity contribution is -0.143. The molecule has 0 aliphatic carbocycles. The fraction of sp³-hybridized carbons (Fsp3) is 0.567. The van der Waals surface area contributed by atoms with E-state index in [0.29, 0.717) is 12.0 Å². The van der Waals surface area contributed by atoms with Crippen molar-refractivity contribution in [2.24, 2.45) is 56.0 Å². The molecule has 41 heteroatoms. The Balaban J connectivity index is 1.99. The van der Waals surface area contributed by atoms with Crippen LogP contribution >= 0.6 is 12.6 Å². The highest BCUT2D eigenvalue weighted by Gasteiger charge is 2.42. The van der Waals surface area contributed by atoms with Gasteiger partial charge in [0.15, 0.2) is 11.9 Å². The number of likely N-dealkylation sites (tertiary alicyclic amines) is 1. The monoisotopic (exact) mass is 1540 g/mol. The quantitative estimate of drug-likeness (QED) is 0.0127. The lowest BCUT2D eigenvalue weighted by atomic mass is 10.0. The van der Waals surface area contributed by atoms with Gasteiger partial charge in [0.05, 0.1) is 18.6 Å². The largest absolute Gasteiger partial charge is 0.508 e. The van der Waals surface area contributed by atoms with Crippen LogP contribution in [0.5, 0.6) is 5.75 Å². The standard InChI is InChI=1S/C67H104N20O20S/c1-34(2)52(70)62(103)79-42(23-25-51(93)94)57(98)86-53(35(3)88)63(104)80-40(16-10-28-76-67(73)74)55(96)84-46(31-36-12-5-4-6-13-36)64(105)87-29-11-17-48(87)61(102)85-47(33-108)60(101)77-39(15-9-27-75-66(71)72)54(95)83-45(32-49(69)90)59(100)82-44(30-37-18-20-38(89)21-19-37)58(99)78-41(22-24-50(91)92)56(97)81-43(65(106)107)14-7-8-26-68/h4-6,12-13,18-21,34-35,39-48,52-53,88-89,108H,7-11,14-17,22-33,68,70H2,1-3H3,(H2,69,90)(H,77,101)(H,78,99)(H,79,103)(H,80,104)(H,81,97)(H,82,100)(H,83,95)(H,84,96)(H,85,102)(H,86,98)(H,91,92)(H,93,94)(H,106,107)(H4,71,72,75)(H4,73,74,76)/t35-,39+,40+,41+,42+,43+,44+,45+,46+,47+,48+,52+,53+/m1/s1. The second-order valence-corrected chi connectivity index (χ2v) is 26.4. The zero-order valence-corrected chi connectivity index (χ0v) is 61.2. The number of primary amides is 1. The normalized spacial score (nSPS) is 15.8. The molecule has 0 saturated carbocycles. The van der Waals surface area contributed by atoms with Gasteiger partial charge in [0, 0.05) is 51.1 Å². The maximum absolute atomic E-state index is 15.0. The molecule has 12 amide bonds. The minimum absolute atomic E-state index is 0.00615. The van der Waals surface area contributed by atoms with Crippen LogP contribution < -0.4 is 93.3 Å². The van der Waals surface area contributed by atoms with Crippen molar-refractivity contribution >= 4 is 113 Å². The number of phenols is 1. The molecule has 1 fully saturated rings. The third kappa shape index (κ3) is 32.8. The number of aromatic hydroxyl groups is 1. The molecular weight excluding hydrogens is 1440 g/mol. The Kier molecular flexibility index (Phi) is 39.6. The number of aliphatic hydroxyl groups excluding tert-OH is 1. The molecule has 2 aromatic carbocycles. The fourth-order valence-electron chi connectivity index (χ4n) is 11.0. The predicted octanol–water partition coefficient (Wildman–Crippen LogP) is -6.76. The fourth-order valence-corrected chi connectivity index (χ4v) is 11.3. The molecule has 29 N–H and O–H groups in total. The van der Waals surface area contributed by atoms with Crippen LogP contribution in [0.1, 0.15) is 122 Å². The number of aliphatic imine (C=N–C) groups is 2. The van der Waals surface area contributed by atoms with Gasteiger partial charge in [0.2, 0.25) is 70.9 Å². The van der Waals surface area contributed by atoms with Crippen molar-refractivity contribution in [2.45, 2.75) is 202 Å². The van der Waals surface area contributed by atoms with E-state index >= 15 is 4.79 Å². The van der Waals surface area contributed by atoms with Crippen LogP contribution in [-0.2, 0) is 84.8 Å². The van der Waals surface area contributed by atoms with Crippen molar-refractivity contribution in [3.63, 3.8) is 0 Å². The Morgan fingerprint density at radius 2 is 0.935 bits per heavy atom. The maximum Gasteiger partial charge on any atom is 0.326 e. The number of benzene rings is 2. The van der Waals surface area contributed by atoms with Gasteiger partial charge in [-0.15, -0.1) is 0 Å². The second kappa shape index (κ2) is 46.9. The molecule has 40 nitrogen and oxygen atoms in total. The minimum atomic E-state index is -1.95. The molecule has 108 heavy (non-hydrogen) atoms. The Morgan fingerprint density at radius 3 is 1.42 bits per heavy atom. The van der Waals surface area contributed by atoms with Gasteiger partial charge in [0.25, 0.3) is 0 Å². The van der Waals surface area contributed by atoms with E-state index in [0.717, 1.165) is 11.8 Å². The number of guanidine groups is 2. The number of carbonyl (C=O) groups is 15. The summed E-state index contributed by atoms with van der Waals surface area (Å²) in [7, 11) is 0. The molecule has 0 spiro atoms. The van der Waals surface area contributed by atoms with E-state index in [-0.39, 0.29) is 107 Å². The van der Waals surface area contributed by atoms with Gasteiger partial charge in [-0.1, -0.05) is 56.3 Å². The zero-order valence-electron chi connectivity index (χ0n) is 60.3. The van der Waals surface area contributed by atoms with E-state index in [2.05, 4.69) is 75.8 Å². The zero-order chi connectivity index (χ0) is 80.9. The average Bonchev–Trinajstić information content (AvgIpc) is 1.59. The molecule has 1 aliphatic rings. The number of amides is 12. The molecule has 0 radical (unpaired) electrons. The third-order valence-electron chi connectivity index (χ3n) is 17.0. The number of phenolic OH excluding ortho intramolecular Hbond substituents is 1. The molecule has 0 aromatic heterocycles. The van der Waals surface area contributed by atoms with Gasteiger partial charge in [-0.3, -0.25) is 77.1 Å². The Hall–Kier alpha value is -10.9. The Labute approximate surface area is 628 Å².